The maximum absolute atomic E-state index is 14.0. The van der Waals surface area contributed by atoms with Crippen molar-refractivity contribution in [2.45, 2.75) is 13.3 Å². The summed E-state index contributed by atoms with van der Waals surface area (Å²) in [6, 6.07) is 14.5. The van der Waals surface area contributed by atoms with Gasteiger partial charge in [-0.2, -0.15) is 0 Å². The number of amides is 1. The van der Waals surface area contributed by atoms with Crippen LogP contribution in [0.1, 0.15) is 20.9 Å². The van der Waals surface area contributed by atoms with Crippen molar-refractivity contribution in [2.75, 3.05) is 11.4 Å². The Kier molecular flexibility index (Phi) is 3.65. The van der Waals surface area contributed by atoms with Crippen LogP contribution >= 0.6 is 11.3 Å². The molecule has 0 saturated carbocycles. The molecule has 1 amide bonds. The summed E-state index contributed by atoms with van der Waals surface area (Å²) in [5.41, 5.74) is 3.23. The number of anilines is 1. The highest BCUT2D eigenvalue weighted by Gasteiger charge is 2.28. The van der Waals surface area contributed by atoms with E-state index in [0.717, 1.165) is 12.1 Å². The quantitative estimate of drug-likeness (QED) is 0.691. The number of fused-ring (bicyclic) bond motifs is 1. The van der Waals surface area contributed by atoms with E-state index >= 15 is 0 Å². The van der Waals surface area contributed by atoms with E-state index in [1.807, 2.05) is 24.3 Å². The maximum atomic E-state index is 14.0. The zero-order valence-corrected chi connectivity index (χ0v) is 13.9. The average molecular weight is 338 g/mol. The number of halogens is 1. The van der Waals surface area contributed by atoms with Gasteiger partial charge in [-0.3, -0.25) is 4.79 Å². The van der Waals surface area contributed by atoms with Gasteiger partial charge in [-0.25, -0.2) is 9.37 Å². The SMILES string of the molecule is Cc1nc(-c2ccccc2F)sc1C(=O)N1CCc2ccccc21. The highest BCUT2D eigenvalue weighted by molar-refractivity contribution is 7.17. The Morgan fingerprint density at radius 3 is 2.75 bits per heavy atom. The van der Waals surface area contributed by atoms with Crippen LogP contribution in [0.25, 0.3) is 10.6 Å². The average Bonchev–Trinajstić information content (AvgIpc) is 3.18. The molecular formula is C19H15FN2OS. The summed E-state index contributed by atoms with van der Waals surface area (Å²) in [6.07, 6.45) is 0.861. The normalized spacial score (nSPS) is 13.2. The Hall–Kier alpha value is -2.53. The van der Waals surface area contributed by atoms with Gasteiger partial charge >= 0.3 is 0 Å². The number of benzene rings is 2. The molecule has 0 saturated heterocycles. The van der Waals surface area contributed by atoms with Crippen molar-refractivity contribution in [1.82, 2.24) is 4.98 Å². The minimum Gasteiger partial charge on any atom is -0.307 e. The highest BCUT2D eigenvalue weighted by Crippen LogP contribution is 2.34. The minimum atomic E-state index is -0.322. The topological polar surface area (TPSA) is 33.2 Å². The molecule has 0 unspecified atom stereocenters. The Morgan fingerprint density at radius 1 is 1.17 bits per heavy atom. The summed E-state index contributed by atoms with van der Waals surface area (Å²) < 4.78 is 14.0. The molecule has 1 aliphatic heterocycles. The fourth-order valence-electron chi connectivity index (χ4n) is 3.02. The predicted molar refractivity (Wildman–Crippen MR) is 94.1 cm³/mol. The molecule has 0 aliphatic carbocycles. The monoisotopic (exact) mass is 338 g/mol. The fraction of sp³-hybridized carbons (Fsp3) is 0.158. The first kappa shape index (κ1) is 15.0. The zero-order chi connectivity index (χ0) is 16.7. The van der Waals surface area contributed by atoms with Crippen molar-refractivity contribution in [1.29, 1.82) is 0 Å². The molecule has 0 N–H and O–H groups in total. The maximum Gasteiger partial charge on any atom is 0.270 e. The molecule has 0 atom stereocenters. The van der Waals surface area contributed by atoms with Crippen molar-refractivity contribution in [3.63, 3.8) is 0 Å². The third-order valence-corrected chi connectivity index (χ3v) is 5.41. The van der Waals surface area contributed by atoms with Crippen molar-refractivity contribution in [2.24, 2.45) is 0 Å². The summed E-state index contributed by atoms with van der Waals surface area (Å²) in [4.78, 5) is 19.8. The molecule has 0 bridgehead atoms. The van der Waals surface area contributed by atoms with Crippen LogP contribution in [0.3, 0.4) is 0 Å². The van der Waals surface area contributed by atoms with Gasteiger partial charge in [0.05, 0.1) is 5.69 Å². The molecule has 3 aromatic rings. The molecule has 24 heavy (non-hydrogen) atoms. The van der Waals surface area contributed by atoms with E-state index in [9.17, 15) is 9.18 Å². The molecule has 2 heterocycles. The van der Waals surface area contributed by atoms with E-state index in [2.05, 4.69) is 4.98 Å². The molecule has 4 rings (SSSR count). The van der Waals surface area contributed by atoms with Gasteiger partial charge in [-0.15, -0.1) is 11.3 Å². The van der Waals surface area contributed by atoms with Crippen LogP contribution in [0, 0.1) is 12.7 Å². The molecule has 5 heteroatoms. The number of para-hydroxylation sites is 1. The van der Waals surface area contributed by atoms with Crippen molar-refractivity contribution < 1.29 is 9.18 Å². The number of rotatable bonds is 2. The molecule has 0 fully saturated rings. The van der Waals surface area contributed by atoms with Crippen LogP contribution in [-0.2, 0) is 6.42 Å². The second-order valence-corrected chi connectivity index (χ2v) is 6.75. The molecule has 120 valence electrons. The Bertz CT molecular complexity index is 935. The third-order valence-electron chi connectivity index (χ3n) is 4.23. The Labute approximate surface area is 143 Å². The number of hydrogen-bond acceptors (Lipinski definition) is 3. The van der Waals surface area contributed by atoms with Crippen LogP contribution in [0.5, 0.6) is 0 Å². The molecule has 3 nitrogen and oxygen atoms in total. The molecule has 0 radical (unpaired) electrons. The van der Waals surface area contributed by atoms with E-state index in [0.29, 0.717) is 27.7 Å². The second kappa shape index (κ2) is 5.83. The van der Waals surface area contributed by atoms with Gasteiger partial charge in [0.1, 0.15) is 15.7 Å². The van der Waals surface area contributed by atoms with Gasteiger partial charge in [0, 0.05) is 17.8 Å². The third kappa shape index (κ3) is 2.41. The highest BCUT2D eigenvalue weighted by atomic mass is 32.1. The summed E-state index contributed by atoms with van der Waals surface area (Å²) in [6.45, 7) is 2.47. The van der Waals surface area contributed by atoms with Crippen LogP contribution in [0.15, 0.2) is 48.5 Å². The minimum absolute atomic E-state index is 0.0578. The summed E-state index contributed by atoms with van der Waals surface area (Å²) in [7, 11) is 0. The van der Waals surface area contributed by atoms with E-state index < -0.39 is 0 Å². The number of carbonyl (C=O) groups is 1. The molecule has 1 aromatic heterocycles. The van der Waals surface area contributed by atoms with E-state index in [4.69, 9.17) is 0 Å². The zero-order valence-electron chi connectivity index (χ0n) is 13.1. The number of thiazole rings is 1. The fourth-order valence-corrected chi connectivity index (χ4v) is 4.06. The first-order valence-electron chi connectivity index (χ1n) is 7.77. The molecule has 0 spiro atoms. The summed E-state index contributed by atoms with van der Waals surface area (Å²) in [5, 5.41) is 0.543. The van der Waals surface area contributed by atoms with Gasteiger partial charge in [-0.05, 0) is 37.1 Å². The predicted octanol–water partition coefficient (Wildman–Crippen LogP) is 4.46. The molecule has 1 aliphatic rings. The van der Waals surface area contributed by atoms with Gasteiger partial charge in [0.15, 0.2) is 0 Å². The Morgan fingerprint density at radius 2 is 1.92 bits per heavy atom. The first-order valence-corrected chi connectivity index (χ1v) is 8.59. The van der Waals surface area contributed by atoms with Crippen molar-refractivity contribution in [3.8, 4) is 10.6 Å². The number of hydrogen-bond donors (Lipinski definition) is 0. The van der Waals surface area contributed by atoms with E-state index in [-0.39, 0.29) is 11.7 Å². The van der Waals surface area contributed by atoms with Crippen LogP contribution < -0.4 is 4.90 Å². The number of nitrogens with zero attached hydrogens (tertiary/aromatic N) is 2. The smallest absolute Gasteiger partial charge is 0.270 e. The van der Waals surface area contributed by atoms with Crippen LogP contribution in [0.4, 0.5) is 10.1 Å². The van der Waals surface area contributed by atoms with Gasteiger partial charge < -0.3 is 4.90 Å². The van der Waals surface area contributed by atoms with Crippen molar-refractivity contribution >= 4 is 22.9 Å². The second-order valence-electron chi connectivity index (χ2n) is 5.75. The summed E-state index contributed by atoms with van der Waals surface area (Å²) in [5.74, 6) is -0.380. The van der Waals surface area contributed by atoms with Crippen molar-refractivity contribution in [3.05, 3.63) is 70.5 Å². The van der Waals surface area contributed by atoms with Crippen LogP contribution in [-0.4, -0.2) is 17.4 Å². The number of aryl methyl sites for hydroxylation is 1. The first-order chi connectivity index (χ1) is 11.6. The lowest BCUT2D eigenvalue weighted by molar-refractivity contribution is 0.0992. The van der Waals surface area contributed by atoms with Gasteiger partial charge in [-0.1, -0.05) is 30.3 Å². The van der Waals surface area contributed by atoms with E-state index in [1.54, 1.807) is 30.0 Å². The molecular weight excluding hydrogens is 323 g/mol. The lowest BCUT2D eigenvalue weighted by Gasteiger charge is -2.16. The number of aromatic nitrogens is 1. The lowest BCUT2D eigenvalue weighted by Crippen LogP contribution is -2.28. The number of carbonyl (C=O) groups excluding carboxylic acids is 1. The standard InChI is InChI=1S/C19H15FN2OS/c1-12-17(24-18(21-12)14-7-3-4-8-15(14)20)19(23)22-11-10-13-6-2-5-9-16(13)22/h2-9H,10-11H2,1H3. The van der Waals surface area contributed by atoms with Gasteiger partial charge in [0.25, 0.3) is 5.91 Å². The molecule has 2 aromatic carbocycles. The lowest BCUT2D eigenvalue weighted by atomic mass is 10.2. The van der Waals surface area contributed by atoms with Gasteiger partial charge in [0.2, 0.25) is 0 Å². The van der Waals surface area contributed by atoms with E-state index in [1.165, 1.54) is 23.0 Å². The summed E-state index contributed by atoms with van der Waals surface area (Å²) >= 11 is 1.25. The van der Waals surface area contributed by atoms with Crippen LogP contribution in [0.2, 0.25) is 0 Å². The largest absolute Gasteiger partial charge is 0.307 e. The Balaban J connectivity index is 1.71.